The molecule has 25 heavy (non-hydrogen) atoms. The molecule has 0 spiro atoms. The predicted molar refractivity (Wildman–Crippen MR) is 91.6 cm³/mol. The fraction of sp³-hybridized carbons (Fsp3) is 0.368. The smallest absolute Gasteiger partial charge is 0.189 e. The topological polar surface area (TPSA) is 49.0 Å². The Morgan fingerprint density at radius 1 is 1.12 bits per heavy atom. The first kappa shape index (κ1) is 17.5. The lowest BCUT2D eigenvalue weighted by molar-refractivity contribution is -0.0172. The van der Waals surface area contributed by atoms with Gasteiger partial charge in [-0.25, -0.2) is 4.39 Å². The van der Waals surface area contributed by atoms with Crippen LogP contribution in [-0.2, 0) is 24.3 Å². The minimum atomic E-state index is -0.264. The zero-order valence-electron chi connectivity index (χ0n) is 14.4. The van der Waals surface area contributed by atoms with Crippen molar-refractivity contribution in [1.82, 2.24) is 5.32 Å². The minimum absolute atomic E-state index is 0.210. The molecule has 1 aliphatic rings. The Hall–Kier alpha value is -2.31. The highest BCUT2D eigenvalue weighted by Crippen LogP contribution is 2.29. The van der Waals surface area contributed by atoms with Crippen molar-refractivity contribution in [1.29, 1.82) is 0 Å². The van der Waals surface area contributed by atoms with E-state index in [4.69, 9.17) is 18.9 Å². The molecule has 0 saturated heterocycles. The van der Waals surface area contributed by atoms with Crippen LogP contribution >= 0.6 is 0 Å². The Morgan fingerprint density at radius 2 is 2.00 bits per heavy atom. The van der Waals surface area contributed by atoms with Crippen molar-refractivity contribution in [3.63, 3.8) is 0 Å². The standard InChI is InChI=1S/C19H22FNO4/c1-22-17-4-3-14(18(9-17)23-2)10-21-6-5-13-7-16(20)8-15-11-24-12-25-19(13)15/h3-4,7-9,21H,5-6,10-12H2,1-2H3. The second-order valence-electron chi connectivity index (χ2n) is 5.77. The molecule has 0 aromatic heterocycles. The molecule has 0 bridgehead atoms. The number of rotatable bonds is 7. The van der Waals surface area contributed by atoms with Crippen LogP contribution in [0.15, 0.2) is 30.3 Å². The summed E-state index contributed by atoms with van der Waals surface area (Å²) in [5.74, 6) is 2.01. The molecule has 1 N–H and O–H groups in total. The maximum atomic E-state index is 13.7. The third-order valence-corrected chi connectivity index (χ3v) is 4.13. The fourth-order valence-electron chi connectivity index (χ4n) is 2.89. The van der Waals surface area contributed by atoms with E-state index >= 15 is 0 Å². The molecule has 2 aromatic carbocycles. The van der Waals surface area contributed by atoms with Crippen molar-refractivity contribution >= 4 is 0 Å². The average molecular weight is 347 g/mol. The van der Waals surface area contributed by atoms with Gasteiger partial charge in [-0.15, -0.1) is 0 Å². The van der Waals surface area contributed by atoms with Gasteiger partial charge in [0.1, 0.15) is 23.1 Å². The van der Waals surface area contributed by atoms with Crippen LogP contribution in [0.5, 0.6) is 17.2 Å². The van der Waals surface area contributed by atoms with E-state index in [9.17, 15) is 4.39 Å². The van der Waals surface area contributed by atoms with E-state index in [0.29, 0.717) is 26.1 Å². The van der Waals surface area contributed by atoms with E-state index in [-0.39, 0.29) is 12.6 Å². The van der Waals surface area contributed by atoms with Gasteiger partial charge in [0.2, 0.25) is 0 Å². The molecule has 5 nitrogen and oxygen atoms in total. The lowest BCUT2D eigenvalue weighted by Gasteiger charge is -2.21. The van der Waals surface area contributed by atoms with E-state index in [1.807, 2.05) is 18.2 Å². The zero-order chi connectivity index (χ0) is 17.6. The molecule has 3 rings (SSSR count). The lowest BCUT2D eigenvalue weighted by atomic mass is 10.1. The molecule has 0 saturated carbocycles. The van der Waals surface area contributed by atoms with Crippen LogP contribution in [0, 0.1) is 5.82 Å². The van der Waals surface area contributed by atoms with Gasteiger partial charge in [0.05, 0.1) is 20.8 Å². The van der Waals surface area contributed by atoms with Crippen molar-refractivity contribution in [2.45, 2.75) is 19.6 Å². The van der Waals surface area contributed by atoms with E-state index in [1.165, 1.54) is 12.1 Å². The summed E-state index contributed by atoms with van der Waals surface area (Å²) in [6, 6.07) is 8.72. The zero-order valence-corrected chi connectivity index (χ0v) is 14.4. The van der Waals surface area contributed by atoms with E-state index in [2.05, 4.69) is 5.32 Å². The number of ether oxygens (including phenoxy) is 4. The highest BCUT2D eigenvalue weighted by molar-refractivity contribution is 5.43. The molecular weight excluding hydrogens is 325 g/mol. The number of nitrogens with one attached hydrogen (secondary N) is 1. The Balaban J connectivity index is 1.60. The van der Waals surface area contributed by atoms with Gasteiger partial charge in [-0.2, -0.15) is 0 Å². The predicted octanol–water partition coefficient (Wildman–Crippen LogP) is 3.04. The monoisotopic (exact) mass is 347 g/mol. The highest BCUT2D eigenvalue weighted by Gasteiger charge is 2.16. The first-order chi connectivity index (χ1) is 12.2. The lowest BCUT2D eigenvalue weighted by Crippen LogP contribution is -2.19. The Kier molecular flexibility index (Phi) is 5.73. The molecule has 0 unspecified atom stereocenters. The van der Waals surface area contributed by atoms with Crippen LogP contribution in [0.4, 0.5) is 4.39 Å². The average Bonchev–Trinajstić information content (AvgIpc) is 2.64. The summed E-state index contributed by atoms with van der Waals surface area (Å²) >= 11 is 0. The molecule has 6 heteroatoms. The van der Waals surface area contributed by atoms with Crippen molar-refractivity contribution in [3.05, 3.63) is 52.8 Å². The maximum Gasteiger partial charge on any atom is 0.189 e. The summed E-state index contributed by atoms with van der Waals surface area (Å²) < 4.78 is 35.1. The maximum absolute atomic E-state index is 13.7. The quantitative estimate of drug-likeness (QED) is 0.780. The largest absolute Gasteiger partial charge is 0.497 e. The van der Waals surface area contributed by atoms with Gasteiger partial charge in [0.15, 0.2) is 6.79 Å². The highest BCUT2D eigenvalue weighted by atomic mass is 19.1. The summed E-state index contributed by atoms with van der Waals surface area (Å²) in [7, 11) is 3.26. The fourth-order valence-corrected chi connectivity index (χ4v) is 2.89. The molecule has 2 aromatic rings. The molecule has 0 atom stereocenters. The molecule has 0 fully saturated rings. The van der Waals surface area contributed by atoms with Gasteiger partial charge in [-0.1, -0.05) is 6.07 Å². The van der Waals surface area contributed by atoms with Gasteiger partial charge >= 0.3 is 0 Å². The first-order valence-corrected chi connectivity index (χ1v) is 8.14. The Bertz CT molecular complexity index is 736. The van der Waals surface area contributed by atoms with Crippen molar-refractivity contribution < 1.29 is 23.3 Å². The molecule has 134 valence electrons. The summed E-state index contributed by atoms with van der Waals surface area (Å²) in [6.07, 6.45) is 0.665. The number of hydrogen-bond donors (Lipinski definition) is 1. The summed E-state index contributed by atoms with van der Waals surface area (Å²) in [5.41, 5.74) is 2.65. The normalized spacial score (nSPS) is 13.1. The van der Waals surface area contributed by atoms with Crippen LogP contribution in [0.3, 0.4) is 0 Å². The number of methoxy groups -OCH3 is 2. The van der Waals surface area contributed by atoms with Crippen molar-refractivity contribution in [2.24, 2.45) is 0 Å². The van der Waals surface area contributed by atoms with Gasteiger partial charge in [-0.3, -0.25) is 0 Å². The molecule has 0 radical (unpaired) electrons. The van der Waals surface area contributed by atoms with E-state index < -0.39 is 0 Å². The second-order valence-corrected chi connectivity index (χ2v) is 5.77. The summed E-state index contributed by atoms with van der Waals surface area (Å²) in [6.45, 7) is 1.93. The SMILES string of the molecule is COc1ccc(CNCCc2cc(F)cc3c2OCOC3)c(OC)c1. The van der Waals surface area contributed by atoms with Crippen LogP contribution in [0.2, 0.25) is 0 Å². The Morgan fingerprint density at radius 3 is 2.80 bits per heavy atom. The summed E-state index contributed by atoms with van der Waals surface area (Å²) in [4.78, 5) is 0. The van der Waals surface area contributed by atoms with Gasteiger partial charge in [0.25, 0.3) is 0 Å². The summed E-state index contributed by atoms with van der Waals surface area (Å²) in [5, 5.41) is 3.36. The molecule has 0 amide bonds. The van der Waals surface area contributed by atoms with Crippen molar-refractivity contribution in [3.8, 4) is 17.2 Å². The van der Waals surface area contributed by atoms with Gasteiger partial charge in [0, 0.05) is 23.7 Å². The number of hydrogen-bond acceptors (Lipinski definition) is 5. The Labute approximate surface area is 146 Å². The number of halogens is 1. The molecule has 1 aliphatic heterocycles. The molecular formula is C19H22FNO4. The van der Waals surface area contributed by atoms with Crippen LogP contribution in [0.25, 0.3) is 0 Å². The van der Waals surface area contributed by atoms with Crippen LogP contribution in [0.1, 0.15) is 16.7 Å². The molecule has 1 heterocycles. The van der Waals surface area contributed by atoms with Crippen LogP contribution < -0.4 is 19.5 Å². The van der Waals surface area contributed by atoms with Gasteiger partial charge in [-0.05, 0) is 36.7 Å². The van der Waals surface area contributed by atoms with Crippen molar-refractivity contribution in [2.75, 3.05) is 27.6 Å². The number of fused-ring (bicyclic) bond motifs is 1. The van der Waals surface area contributed by atoms with Gasteiger partial charge < -0.3 is 24.3 Å². The third-order valence-electron chi connectivity index (χ3n) is 4.13. The van der Waals surface area contributed by atoms with Crippen LogP contribution in [-0.4, -0.2) is 27.6 Å². The van der Waals surface area contributed by atoms with E-state index in [1.54, 1.807) is 14.2 Å². The first-order valence-electron chi connectivity index (χ1n) is 8.14. The number of benzene rings is 2. The van der Waals surface area contributed by atoms with E-state index in [0.717, 1.165) is 33.9 Å². The minimum Gasteiger partial charge on any atom is -0.497 e. The third kappa shape index (κ3) is 4.21. The molecule has 0 aliphatic carbocycles. The second kappa shape index (κ2) is 8.18.